The molecule has 92 heavy (non-hydrogen) atoms. The van der Waals surface area contributed by atoms with Crippen molar-refractivity contribution in [1.29, 1.82) is 0 Å². The van der Waals surface area contributed by atoms with Crippen molar-refractivity contribution in [2.75, 3.05) is 0 Å². The average molecular weight is 1180 g/mol. The summed E-state index contributed by atoms with van der Waals surface area (Å²) in [6, 6.07) is 105. The Bertz CT molecular complexity index is 5310. The summed E-state index contributed by atoms with van der Waals surface area (Å²) in [5.74, 6) is 1.66. The van der Waals surface area contributed by atoms with Gasteiger partial charge < -0.3 is 9.13 Å². The maximum atomic E-state index is 8.38. The lowest BCUT2D eigenvalue weighted by atomic mass is 9.94. The zero-order chi connectivity index (χ0) is 62.0. The summed E-state index contributed by atoms with van der Waals surface area (Å²) >= 11 is 0. The van der Waals surface area contributed by atoms with Gasteiger partial charge in [0.1, 0.15) is 0 Å². The van der Waals surface area contributed by atoms with Crippen molar-refractivity contribution in [3.05, 3.63) is 325 Å². The molecule has 0 radical (unpaired) electrons. The van der Waals surface area contributed by atoms with E-state index in [-0.39, 0.29) is 0 Å². The summed E-state index contributed by atoms with van der Waals surface area (Å²) < 4.78 is 4.84. The number of hydrogen-bond donors (Lipinski definition) is 0. The molecule has 0 fully saturated rings. The molecule has 16 aromatic rings. The Hall–Kier alpha value is -12.0. The summed E-state index contributed by atoms with van der Waals surface area (Å²) in [5, 5.41) is 4.55. The molecule has 434 valence electrons. The highest BCUT2D eigenvalue weighted by molar-refractivity contribution is 6.14. The highest BCUT2D eigenvalue weighted by Crippen LogP contribution is 2.46. The molecule has 0 aliphatic heterocycles. The molecule has 3 aromatic heterocycles. The van der Waals surface area contributed by atoms with Crippen molar-refractivity contribution >= 4 is 49.3 Å². The Morgan fingerprint density at radius 1 is 0.250 bits per heavy atom. The first-order chi connectivity index (χ1) is 45.2. The molecule has 13 aromatic carbocycles. The molecule has 0 aliphatic rings. The van der Waals surface area contributed by atoms with Crippen molar-refractivity contribution < 1.29 is 0 Å². The molecule has 0 N–H and O–H groups in total. The molecule has 0 bridgehead atoms. The summed E-state index contributed by atoms with van der Waals surface area (Å²) in [6.07, 6.45) is 0. The van der Waals surface area contributed by atoms with E-state index in [0.29, 0.717) is 23.2 Å². The topological polar surface area (TPSA) is 52.9 Å². The molecule has 16 rings (SSSR count). The van der Waals surface area contributed by atoms with E-state index in [2.05, 4.69) is 278 Å². The Balaban J connectivity index is 0.996. The summed E-state index contributed by atoms with van der Waals surface area (Å²) in [7, 11) is 0. The number of nitrogens with zero attached hydrogens (tertiary/aromatic N) is 6. The molecule has 0 spiro atoms. The number of aromatic nitrogens is 5. The van der Waals surface area contributed by atoms with E-state index in [9.17, 15) is 0 Å². The molecule has 0 atom stereocenters. The van der Waals surface area contributed by atoms with Gasteiger partial charge in [0.2, 0.25) is 0 Å². The predicted molar refractivity (Wildman–Crippen MR) is 383 cm³/mol. The van der Waals surface area contributed by atoms with Crippen molar-refractivity contribution in [2.24, 2.45) is 0 Å². The van der Waals surface area contributed by atoms with E-state index in [0.717, 1.165) is 138 Å². The fourth-order valence-corrected chi connectivity index (χ4v) is 13.2. The molecule has 0 saturated carbocycles. The molecule has 0 amide bonds. The van der Waals surface area contributed by atoms with Crippen LogP contribution in [0.2, 0.25) is 0 Å². The molecular weight excluding hydrogens is 1120 g/mol. The highest BCUT2D eigenvalue weighted by atomic mass is 15.1. The molecule has 0 aliphatic carbocycles. The summed E-state index contributed by atoms with van der Waals surface area (Å²) in [4.78, 5) is 20.4. The number of fused-ring (bicyclic) bond motifs is 6. The minimum atomic E-state index is 0.525. The Morgan fingerprint density at radius 2 is 0.554 bits per heavy atom. The minimum absolute atomic E-state index is 0.525. The quantitative estimate of drug-likeness (QED) is 0.121. The third kappa shape index (κ3) is 9.99. The fourth-order valence-electron chi connectivity index (χ4n) is 13.2. The summed E-state index contributed by atoms with van der Waals surface area (Å²) in [6.45, 7) is 16.9. The van der Waals surface area contributed by atoms with Crippen molar-refractivity contribution in [2.45, 2.75) is 27.7 Å². The first-order valence-electron chi connectivity index (χ1n) is 31.2. The molecule has 0 unspecified atom stereocenters. The number of benzene rings is 13. The van der Waals surface area contributed by atoms with Gasteiger partial charge >= 0.3 is 0 Å². The van der Waals surface area contributed by atoms with Crippen molar-refractivity contribution in [3.8, 4) is 112 Å². The molecule has 3 heterocycles. The Kier molecular flexibility index (Phi) is 13.7. The first-order valence-corrected chi connectivity index (χ1v) is 31.2. The number of rotatable bonds is 11. The van der Waals surface area contributed by atoms with Gasteiger partial charge in [-0.3, -0.25) is 0 Å². The zero-order valence-electron chi connectivity index (χ0n) is 51.4. The van der Waals surface area contributed by atoms with Gasteiger partial charge in [-0.25, -0.2) is 19.8 Å². The summed E-state index contributed by atoms with van der Waals surface area (Å²) in [5.41, 5.74) is 27.1. The largest absolute Gasteiger partial charge is 0.309 e. The molecule has 0 saturated heterocycles. The molecule has 6 nitrogen and oxygen atoms in total. The van der Waals surface area contributed by atoms with Gasteiger partial charge in [0, 0.05) is 43.8 Å². The van der Waals surface area contributed by atoms with Gasteiger partial charge in [0.05, 0.1) is 40.0 Å². The average Bonchev–Trinajstić information content (AvgIpc) is 1.57. The van der Waals surface area contributed by atoms with Crippen LogP contribution in [0.1, 0.15) is 22.3 Å². The Labute approximate surface area is 535 Å². The zero-order valence-corrected chi connectivity index (χ0v) is 51.4. The van der Waals surface area contributed by atoms with E-state index >= 15 is 0 Å². The monoisotopic (exact) mass is 1180 g/mol. The normalized spacial score (nSPS) is 11.5. The standard InChI is InChI=1S/C86H60N6/c1-54-20-28-58(29-21-54)64-36-42-79-72(48-64)73-49-65(59-30-22-55(2)23-31-59)37-43-80(73)91(79)78-46-40-68(70-18-12-13-19-77(70)87-5)52-71(78)69-41-47-83(76(53-69)86-89-84(62-14-8-6-9-15-62)88-85(90-86)63-16-10-7-11-17-63)92-81-44-38-66(60-32-24-56(3)25-33-60)50-74(81)75-51-67(39-45-82(75)92)61-34-26-57(4)27-35-61/h6-53H,1-4H3. The van der Waals surface area contributed by atoms with Gasteiger partial charge in [0.15, 0.2) is 23.2 Å². The van der Waals surface area contributed by atoms with Gasteiger partial charge in [-0.1, -0.05) is 241 Å². The van der Waals surface area contributed by atoms with Crippen molar-refractivity contribution in [3.63, 3.8) is 0 Å². The smallest absolute Gasteiger partial charge is 0.194 e. The second-order valence-electron chi connectivity index (χ2n) is 24.2. The maximum absolute atomic E-state index is 8.38. The van der Waals surface area contributed by atoms with Crippen LogP contribution in [0.15, 0.2) is 291 Å². The lowest BCUT2D eigenvalue weighted by Gasteiger charge is -2.19. The van der Waals surface area contributed by atoms with Crippen LogP contribution >= 0.6 is 0 Å². The SMILES string of the molecule is [C-]#[N+]c1ccccc1-c1ccc(-n2c3ccc(-c4ccc(C)cc4)cc3c3cc(-c4ccc(C)cc4)ccc32)c(-c2ccc(-n3c4ccc(-c5ccc(C)cc5)cc4c4cc(-c5ccc(C)cc5)ccc43)c(-c3nc(-c4ccccc4)nc(-c4ccccc4)n3)c2)c1. The first kappa shape index (κ1) is 55.3. The minimum Gasteiger partial charge on any atom is -0.309 e. The molecule has 6 heteroatoms. The second-order valence-corrected chi connectivity index (χ2v) is 24.2. The van der Waals surface area contributed by atoms with Gasteiger partial charge in [-0.15, -0.1) is 0 Å². The van der Waals surface area contributed by atoms with E-state index in [1.807, 2.05) is 54.6 Å². The van der Waals surface area contributed by atoms with Gasteiger partial charge in [0.25, 0.3) is 0 Å². The van der Waals surface area contributed by atoms with E-state index < -0.39 is 0 Å². The second kappa shape index (κ2) is 22.8. The number of para-hydroxylation sites is 1. The van der Waals surface area contributed by atoms with Crippen LogP contribution < -0.4 is 0 Å². The van der Waals surface area contributed by atoms with Crippen LogP contribution in [0.5, 0.6) is 0 Å². The number of hydrogen-bond acceptors (Lipinski definition) is 3. The number of aryl methyl sites for hydroxylation is 4. The predicted octanol–water partition coefficient (Wildman–Crippen LogP) is 22.9. The van der Waals surface area contributed by atoms with Crippen LogP contribution in [0.4, 0.5) is 5.69 Å². The lowest BCUT2D eigenvalue weighted by Crippen LogP contribution is -2.04. The van der Waals surface area contributed by atoms with Crippen LogP contribution in [0.25, 0.3) is 161 Å². The van der Waals surface area contributed by atoms with E-state index in [4.69, 9.17) is 21.5 Å². The van der Waals surface area contributed by atoms with Crippen LogP contribution in [0.3, 0.4) is 0 Å². The van der Waals surface area contributed by atoms with E-state index in [1.165, 1.54) is 22.3 Å². The maximum Gasteiger partial charge on any atom is 0.194 e. The molecular formula is C86H60N6. The van der Waals surface area contributed by atoms with Crippen LogP contribution in [0, 0.1) is 34.3 Å². The van der Waals surface area contributed by atoms with Crippen molar-refractivity contribution in [1.82, 2.24) is 24.1 Å². The van der Waals surface area contributed by atoms with Gasteiger partial charge in [-0.05, 0) is 162 Å². The third-order valence-electron chi connectivity index (χ3n) is 18.1. The van der Waals surface area contributed by atoms with Crippen LogP contribution in [-0.4, -0.2) is 24.1 Å². The fraction of sp³-hybridized carbons (Fsp3) is 0.0465. The van der Waals surface area contributed by atoms with Gasteiger partial charge in [-0.2, -0.15) is 0 Å². The van der Waals surface area contributed by atoms with E-state index in [1.54, 1.807) is 0 Å². The highest BCUT2D eigenvalue weighted by Gasteiger charge is 2.25. The van der Waals surface area contributed by atoms with Crippen LogP contribution in [-0.2, 0) is 0 Å². The third-order valence-corrected chi connectivity index (χ3v) is 18.1. The Morgan fingerprint density at radius 3 is 0.935 bits per heavy atom. The lowest BCUT2D eigenvalue weighted by molar-refractivity contribution is 1.06.